The molecule has 3 atom stereocenters. The lowest BCUT2D eigenvalue weighted by Gasteiger charge is -2.29. The maximum absolute atomic E-state index is 14.5. The second-order valence-electron chi connectivity index (χ2n) is 7.90. The van der Waals surface area contributed by atoms with Crippen LogP contribution in [0.3, 0.4) is 0 Å². The molecule has 0 bridgehead atoms. The van der Waals surface area contributed by atoms with Crippen molar-refractivity contribution in [2.45, 2.75) is 19.1 Å². The third kappa shape index (κ3) is 3.52. The lowest BCUT2D eigenvalue weighted by molar-refractivity contribution is -0.126. The number of hydrogen-bond acceptors (Lipinski definition) is 6. The van der Waals surface area contributed by atoms with Crippen molar-refractivity contribution in [2.24, 2.45) is 5.92 Å². The molecular weight excluding hydrogens is 507 g/mol. The Morgan fingerprint density at radius 2 is 1.76 bits per heavy atom. The van der Waals surface area contributed by atoms with E-state index in [0.29, 0.717) is 22.3 Å². The Kier molecular flexibility index (Phi) is 5.75. The summed E-state index contributed by atoms with van der Waals surface area (Å²) in [6, 6.07) is 17.3. The largest absolute Gasteiger partial charge is 0.503 e. The number of fused-ring (bicyclic) bond motifs is 1. The normalized spacial score (nSPS) is 21.8. The maximum atomic E-state index is 14.5. The molecule has 1 N–H and O–H groups in total. The molecule has 7 nitrogen and oxygen atoms in total. The maximum Gasteiger partial charge on any atom is 0.266 e. The number of halogens is 2. The summed E-state index contributed by atoms with van der Waals surface area (Å²) < 4.78 is 20.5. The van der Waals surface area contributed by atoms with E-state index in [-0.39, 0.29) is 17.2 Å². The van der Waals surface area contributed by atoms with Crippen molar-refractivity contribution >= 4 is 39.1 Å². The average molecular weight is 527 g/mol. The zero-order valence-electron chi connectivity index (χ0n) is 18.0. The van der Waals surface area contributed by atoms with Gasteiger partial charge in [-0.15, -0.1) is 0 Å². The van der Waals surface area contributed by atoms with E-state index in [1.807, 2.05) is 18.2 Å². The second-order valence-corrected chi connectivity index (χ2v) is 8.76. The van der Waals surface area contributed by atoms with Gasteiger partial charge in [0, 0.05) is 0 Å². The molecule has 0 aliphatic carbocycles. The molecular formula is C25H20BrFN2O5. The van der Waals surface area contributed by atoms with Crippen molar-refractivity contribution in [1.82, 2.24) is 0 Å². The fourth-order valence-electron chi connectivity index (χ4n) is 4.45. The molecule has 0 unspecified atom stereocenters. The van der Waals surface area contributed by atoms with Gasteiger partial charge in [-0.1, -0.05) is 30.3 Å². The molecule has 0 spiro atoms. The van der Waals surface area contributed by atoms with Gasteiger partial charge in [0.25, 0.3) is 5.91 Å². The number of anilines is 2. The summed E-state index contributed by atoms with van der Waals surface area (Å²) in [5.41, 5.74) is 1.12. The number of amides is 2. The summed E-state index contributed by atoms with van der Waals surface area (Å²) in [4.78, 5) is 33.8. The monoisotopic (exact) mass is 526 g/mol. The highest BCUT2D eigenvalue weighted by molar-refractivity contribution is 9.10. The third-order valence-corrected chi connectivity index (χ3v) is 6.52. The Labute approximate surface area is 203 Å². The number of hydrogen-bond donors (Lipinski definition) is 1. The van der Waals surface area contributed by atoms with Crippen LogP contribution >= 0.6 is 15.9 Å². The summed E-state index contributed by atoms with van der Waals surface area (Å²) in [5.74, 6) is -2.66. The van der Waals surface area contributed by atoms with Crippen molar-refractivity contribution < 1.29 is 28.7 Å². The van der Waals surface area contributed by atoms with Gasteiger partial charge in [-0.2, -0.15) is 0 Å². The summed E-state index contributed by atoms with van der Waals surface area (Å²) in [6.07, 6.45) is -1.14. The Bertz CT molecular complexity index is 1270. The topological polar surface area (TPSA) is 79.3 Å². The van der Waals surface area contributed by atoms with Crippen LogP contribution in [0.1, 0.15) is 18.5 Å². The molecule has 9 heteroatoms. The molecule has 34 heavy (non-hydrogen) atoms. The lowest BCUT2D eigenvalue weighted by atomic mass is 9.90. The van der Waals surface area contributed by atoms with Gasteiger partial charge in [-0.05, 0) is 64.8 Å². The molecule has 2 fully saturated rings. The van der Waals surface area contributed by atoms with Gasteiger partial charge in [0.15, 0.2) is 17.6 Å². The van der Waals surface area contributed by atoms with E-state index in [0.717, 1.165) is 4.90 Å². The number of benzene rings is 3. The van der Waals surface area contributed by atoms with Crippen molar-refractivity contribution in [3.05, 3.63) is 82.6 Å². The van der Waals surface area contributed by atoms with E-state index < -0.39 is 35.7 Å². The highest BCUT2D eigenvalue weighted by Gasteiger charge is 2.60. The molecule has 2 aliphatic rings. The quantitative estimate of drug-likeness (QED) is 0.483. The number of imide groups is 1. The van der Waals surface area contributed by atoms with Gasteiger partial charge in [0.05, 0.1) is 28.5 Å². The molecule has 2 saturated heterocycles. The van der Waals surface area contributed by atoms with Gasteiger partial charge in [-0.25, -0.2) is 14.4 Å². The Morgan fingerprint density at radius 1 is 1.06 bits per heavy atom. The zero-order chi connectivity index (χ0) is 24.0. The van der Waals surface area contributed by atoms with Gasteiger partial charge in [0.1, 0.15) is 11.7 Å². The number of ether oxygens (including phenoxy) is 1. The minimum absolute atomic E-state index is 0.0749. The highest BCUT2D eigenvalue weighted by atomic mass is 79.9. The standard InChI is InChI=1S/C25H20BrFN2O5/c1-2-33-19-13-14(12-16(26)22(19)30)21-20-23(34-29(21)15-8-4-3-5-9-15)25(32)28(24(20)31)18-11-7-6-10-17(18)27/h3-13,20-21,23,30H,2H2,1H3/t20-,21-,23-/m0/s1. The van der Waals surface area contributed by atoms with Crippen molar-refractivity contribution in [1.29, 1.82) is 0 Å². The summed E-state index contributed by atoms with van der Waals surface area (Å²) in [6.45, 7) is 2.11. The minimum atomic E-state index is -1.14. The number of carbonyl (C=O) groups is 2. The highest BCUT2D eigenvalue weighted by Crippen LogP contribution is 2.50. The van der Waals surface area contributed by atoms with Crippen LogP contribution in [0.2, 0.25) is 0 Å². The Hall–Kier alpha value is -3.43. The minimum Gasteiger partial charge on any atom is -0.503 e. The van der Waals surface area contributed by atoms with Gasteiger partial charge in [0.2, 0.25) is 5.91 Å². The van der Waals surface area contributed by atoms with Gasteiger partial charge < -0.3 is 9.84 Å². The van der Waals surface area contributed by atoms with Crippen LogP contribution in [0.25, 0.3) is 0 Å². The number of phenols is 1. The number of para-hydroxylation sites is 2. The molecule has 2 amide bonds. The molecule has 2 heterocycles. The third-order valence-electron chi connectivity index (χ3n) is 5.91. The van der Waals surface area contributed by atoms with Crippen LogP contribution in [0, 0.1) is 11.7 Å². The summed E-state index contributed by atoms with van der Waals surface area (Å²) in [5, 5.41) is 11.9. The zero-order valence-corrected chi connectivity index (χ0v) is 19.6. The molecule has 0 radical (unpaired) electrons. The van der Waals surface area contributed by atoms with Crippen LogP contribution in [0.5, 0.6) is 11.5 Å². The van der Waals surface area contributed by atoms with Crippen molar-refractivity contribution in [3.63, 3.8) is 0 Å². The first-order valence-corrected chi connectivity index (χ1v) is 11.5. The average Bonchev–Trinajstić information content (AvgIpc) is 3.34. The van der Waals surface area contributed by atoms with Crippen LogP contribution < -0.4 is 14.7 Å². The van der Waals surface area contributed by atoms with Gasteiger partial charge in [-0.3, -0.25) is 14.4 Å². The van der Waals surface area contributed by atoms with E-state index in [1.165, 1.54) is 23.3 Å². The number of carbonyl (C=O) groups excluding carboxylic acids is 2. The Morgan fingerprint density at radius 3 is 2.47 bits per heavy atom. The fraction of sp³-hybridized carbons (Fsp3) is 0.200. The van der Waals surface area contributed by atoms with Crippen LogP contribution in [-0.4, -0.2) is 29.6 Å². The predicted octanol–water partition coefficient (Wildman–Crippen LogP) is 4.74. The van der Waals surface area contributed by atoms with E-state index >= 15 is 0 Å². The van der Waals surface area contributed by atoms with E-state index in [4.69, 9.17) is 9.57 Å². The summed E-state index contributed by atoms with van der Waals surface area (Å²) in [7, 11) is 0. The molecule has 5 rings (SSSR count). The number of rotatable bonds is 5. The first-order chi connectivity index (χ1) is 16.4. The molecule has 3 aromatic rings. The lowest BCUT2D eigenvalue weighted by Crippen LogP contribution is -2.37. The fourth-order valence-corrected chi connectivity index (χ4v) is 4.91. The van der Waals surface area contributed by atoms with Crippen molar-refractivity contribution in [3.8, 4) is 11.5 Å². The number of hydroxylamine groups is 1. The van der Waals surface area contributed by atoms with Gasteiger partial charge >= 0.3 is 0 Å². The van der Waals surface area contributed by atoms with Crippen LogP contribution in [-0.2, 0) is 14.4 Å². The number of phenolic OH excluding ortho intramolecular Hbond substituents is 1. The first kappa shape index (κ1) is 22.4. The van der Waals surface area contributed by atoms with Crippen molar-refractivity contribution in [2.75, 3.05) is 16.6 Å². The summed E-state index contributed by atoms with van der Waals surface area (Å²) >= 11 is 3.35. The predicted molar refractivity (Wildman–Crippen MR) is 126 cm³/mol. The van der Waals surface area contributed by atoms with E-state index in [9.17, 15) is 19.1 Å². The Balaban J connectivity index is 1.64. The van der Waals surface area contributed by atoms with Crippen LogP contribution in [0.15, 0.2) is 71.2 Å². The van der Waals surface area contributed by atoms with Crippen LogP contribution in [0.4, 0.5) is 15.8 Å². The number of aromatic hydroxyl groups is 1. The molecule has 3 aromatic carbocycles. The SMILES string of the molecule is CCOc1cc([C@H]2[C@@H]3C(=O)N(c4ccccc4F)C(=O)[C@H]3ON2c2ccccc2)cc(Br)c1O. The van der Waals surface area contributed by atoms with E-state index in [1.54, 1.807) is 37.3 Å². The first-order valence-electron chi connectivity index (χ1n) is 10.7. The molecule has 174 valence electrons. The molecule has 2 aliphatic heterocycles. The smallest absolute Gasteiger partial charge is 0.266 e. The molecule has 0 aromatic heterocycles. The molecule has 0 saturated carbocycles. The number of nitrogens with zero attached hydrogens (tertiary/aromatic N) is 2. The second kappa shape index (κ2) is 8.73. The van der Waals surface area contributed by atoms with E-state index in [2.05, 4.69) is 15.9 Å².